The smallest absolute Gasteiger partial charge is 0.248 e. The highest BCUT2D eigenvalue weighted by Gasteiger charge is 2.09. The molecule has 0 atom stereocenters. The van der Waals surface area contributed by atoms with Crippen LogP contribution in [0, 0.1) is 11.6 Å². The highest BCUT2D eigenvalue weighted by Crippen LogP contribution is 2.19. The fourth-order valence-corrected chi connectivity index (χ4v) is 2.40. The molecule has 0 spiro atoms. The van der Waals surface area contributed by atoms with Gasteiger partial charge in [-0.2, -0.15) is 0 Å². The zero-order valence-corrected chi connectivity index (χ0v) is 14.4. The van der Waals surface area contributed by atoms with Gasteiger partial charge in [0.25, 0.3) is 0 Å². The van der Waals surface area contributed by atoms with Crippen LogP contribution in [0.4, 0.5) is 14.5 Å². The van der Waals surface area contributed by atoms with E-state index in [-0.39, 0.29) is 0 Å². The van der Waals surface area contributed by atoms with Crippen LogP contribution in [0.5, 0.6) is 5.75 Å². The molecule has 3 rings (SSSR count). The van der Waals surface area contributed by atoms with E-state index in [1.165, 1.54) is 12.1 Å². The summed E-state index contributed by atoms with van der Waals surface area (Å²) in [6.45, 7) is 0.432. The van der Waals surface area contributed by atoms with Gasteiger partial charge in [0, 0.05) is 6.08 Å². The van der Waals surface area contributed by atoms with Crippen molar-refractivity contribution in [3.05, 3.63) is 102 Å². The molecule has 0 aliphatic rings. The molecule has 0 saturated carbocycles. The maximum atomic E-state index is 13.6. The molecule has 0 saturated heterocycles. The first-order valence-electron chi connectivity index (χ1n) is 8.32. The van der Waals surface area contributed by atoms with Crippen LogP contribution in [0.2, 0.25) is 0 Å². The molecule has 3 nitrogen and oxygen atoms in total. The molecule has 0 aliphatic carbocycles. The van der Waals surface area contributed by atoms with Crippen LogP contribution in [0.1, 0.15) is 11.1 Å². The van der Waals surface area contributed by atoms with E-state index in [0.29, 0.717) is 12.4 Å². The van der Waals surface area contributed by atoms with E-state index in [9.17, 15) is 13.6 Å². The molecule has 0 fully saturated rings. The second kappa shape index (κ2) is 8.76. The molecule has 5 heteroatoms. The Morgan fingerprint density at radius 3 is 2.37 bits per heavy atom. The van der Waals surface area contributed by atoms with E-state index in [2.05, 4.69) is 5.32 Å². The van der Waals surface area contributed by atoms with Crippen LogP contribution in [-0.4, -0.2) is 5.91 Å². The number of carbonyl (C=O) groups excluding carboxylic acids is 1. The summed E-state index contributed by atoms with van der Waals surface area (Å²) in [6, 6.07) is 20.3. The second-order valence-electron chi connectivity index (χ2n) is 5.77. The summed E-state index contributed by atoms with van der Waals surface area (Å²) in [6.07, 6.45) is 2.76. The summed E-state index contributed by atoms with van der Waals surface area (Å²) < 4.78 is 32.8. The molecular formula is C22H17F2NO2. The summed E-state index contributed by atoms with van der Waals surface area (Å²) >= 11 is 0. The first-order chi connectivity index (χ1) is 13.1. The van der Waals surface area contributed by atoms with Crippen molar-refractivity contribution in [1.82, 2.24) is 0 Å². The van der Waals surface area contributed by atoms with Gasteiger partial charge in [0.15, 0.2) is 0 Å². The lowest BCUT2D eigenvalue weighted by Gasteiger charge is -2.07. The minimum absolute atomic E-state index is 0.432. The van der Waals surface area contributed by atoms with Crippen LogP contribution in [0.25, 0.3) is 6.08 Å². The van der Waals surface area contributed by atoms with Crippen molar-refractivity contribution in [1.29, 1.82) is 0 Å². The molecule has 1 amide bonds. The summed E-state index contributed by atoms with van der Waals surface area (Å²) in [5.41, 5.74) is 1.31. The third-order valence-corrected chi connectivity index (χ3v) is 3.74. The third-order valence-electron chi connectivity index (χ3n) is 3.74. The molecule has 0 aliphatic heterocycles. The maximum Gasteiger partial charge on any atom is 0.248 e. The Balaban J connectivity index is 1.62. The van der Waals surface area contributed by atoms with Crippen molar-refractivity contribution >= 4 is 17.7 Å². The second-order valence-corrected chi connectivity index (χ2v) is 5.77. The van der Waals surface area contributed by atoms with Gasteiger partial charge < -0.3 is 10.1 Å². The molecule has 136 valence electrons. The van der Waals surface area contributed by atoms with E-state index >= 15 is 0 Å². The monoisotopic (exact) mass is 365 g/mol. The highest BCUT2D eigenvalue weighted by molar-refractivity contribution is 6.02. The molecule has 1 N–H and O–H groups in total. The van der Waals surface area contributed by atoms with Gasteiger partial charge in [0.2, 0.25) is 5.91 Å². The lowest BCUT2D eigenvalue weighted by atomic mass is 10.2. The Hall–Kier alpha value is -3.47. The van der Waals surface area contributed by atoms with Crippen molar-refractivity contribution in [2.75, 3.05) is 5.32 Å². The maximum absolute atomic E-state index is 13.6. The Kier molecular flexibility index (Phi) is 5.94. The number of nitrogens with one attached hydrogen (secondary N) is 1. The summed E-state index contributed by atoms with van der Waals surface area (Å²) in [7, 11) is 0. The number of hydrogen-bond acceptors (Lipinski definition) is 2. The van der Waals surface area contributed by atoms with E-state index in [0.717, 1.165) is 23.3 Å². The Labute approximate surface area is 155 Å². The normalized spacial score (nSPS) is 10.7. The largest absolute Gasteiger partial charge is 0.489 e. The van der Waals surface area contributed by atoms with Gasteiger partial charge in [-0.05, 0) is 41.5 Å². The van der Waals surface area contributed by atoms with Gasteiger partial charge in [0.1, 0.15) is 29.7 Å². The quantitative estimate of drug-likeness (QED) is 0.610. The Morgan fingerprint density at radius 1 is 0.926 bits per heavy atom. The first-order valence-corrected chi connectivity index (χ1v) is 8.32. The molecule has 0 bridgehead atoms. The first kappa shape index (κ1) is 18.3. The fourth-order valence-electron chi connectivity index (χ4n) is 2.40. The summed E-state index contributed by atoms with van der Waals surface area (Å²) in [5.74, 6) is -1.63. The topological polar surface area (TPSA) is 38.3 Å². The SMILES string of the molecule is O=C(/C=C/c1cccc(OCc2ccccc2)c1)Nc1c(F)cccc1F. The van der Waals surface area contributed by atoms with Crippen LogP contribution < -0.4 is 10.1 Å². The van der Waals surface area contributed by atoms with Crippen molar-refractivity contribution < 1.29 is 18.3 Å². The Bertz CT molecular complexity index is 935. The van der Waals surface area contributed by atoms with Crippen molar-refractivity contribution in [3.8, 4) is 5.75 Å². The third kappa shape index (κ3) is 5.25. The van der Waals surface area contributed by atoms with Crippen molar-refractivity contribution in [3.63, 3.8) is 0 Å². The van der Waals surface area contributed by atoms with Crippen LogP contribution in [0.15, 0.2) is 78.9 Å². The number of amides is 1. The minimum Gasteiger partial charge on any atom is -0.489 e. The number of ether oxygens (including phenoxy) is 1. The van der Waals surface area contributed by atoms with Crippen molar-refractivity contribution in [2.24, 2.45) is 0 Å². The number of rotatable bonds is 6. The van der Waals surface area contributed by atoms with Crippen molar-refractivity contribution in [2.45, 2.75) is 6.61 Å². The fraction of sp³-hybridized carbons (Fsp3) is 0.0455. The minimum atomic E-state index is -0.826. The number of anilines is 1. The molecule has 0 aromatic heterocycles. The van der Waals surface area contributed by atoms with Gasteiger partial charge in [-0.15, -0.1) is 0 Å². The van der Waals surface area contributed by atoms with Gasteiger partial charge in [0.05, 0.1) is 0 Å². The van der Waals surface area contributed by atoms with Gasteiger partial charge in [-0.1, -0.05) is 48.5 Å². The summed E-state index contributed by atoms with van der Waals surface area (Å²) in [4.78, 5) is 11.9. The van der Waals surface area contributed by atoms with Gasteiger partial charge in [-0.3, -0.25) is 4.79 Å². The number of hydrogen-bond donors (Lipinski definition) is 1. The van der Waals surface area contributed by atoms with Crippen LogP contribution in [-0.2, 0) is 11.4 Å². The molecule has 3 aromatic carbocycles. The highest BCUT2D eigenvalue weighted by atomic mass is 19.1. The Morgan fingerprint density at radius 2 is 1.63 bits per heavy atom. The zero-order valence-electron chi connectivity index (χ0n) is 14.4. The van der Waals surface area contributed by atoms with E-state index < -0.39 is 23.2 Å². The number of carbonyl (C=O) groups is 1. The molecule has 0 heterocycles. The lowest BCUT2D eigenvalue weighted by molar-refractivity contribution is -0.111. The number of benzene rings is 3. The number of para-hydroxylation sites is 1. The lowest BCUT2D eigenvalue weighted by Crippen LogP contribution is -2.10. The average Bonchev–Trinajstić information content (AvgIpc) is 2.69. The zero-order chi connectivity index (χ0) is 19.1. The van der Waals surface area contributed by atoms with Crippen LogP contribution >= 0.6 is 0 Å². The predicted octanol–water partition coefficient (Wildman–Crippen LogP) is 5.20. The van der Waals surface area contributed by atoms with Gasteiger partial charge >= 0.3 is 0 Å². The van der Waals surface area contributed by atoms with E-state index in [1.54, 1.807) is 24.3 Å². The van der Waals surface area contributed by atoms with Crippen LogP contribution in [0.3, 0.4) is 0 Å². The van der Waals surface area contributed by atoms with E-state index in [4.69, 9.17) is 4.74 Å². The molecule has 0 radical (unpaired) electrons. The van der Waals surface area contributed by atoms with E-state index in [1.807, 2.05) is 36.4 Å². The summed E-state index contributed by atoms with van der Waals surface area (Å²) in [5, 5.41) is 2.20. The molecule has 0 unspecified atom stereocenters. The standard InChI is InChI=1S/C22H17F2NO2/c23-19-10-5-11-20(24)22(19)25-21(26)13-12-16-8-4-9-18(14-16)27-15-17-6-2-1-3-7-17/h1-14H,15H2,(H,25,26)/b13-12+. The van der Waals surface area contributed by atoms with Gasteiger partial charge in [-0.25, -0.2) is 8.78 Å². The predicted molar refractivity (Wildman–Crippen MR) is 101 cm³/mol. The molecule has 27 heavy (non-hydrogen) atoms. The molecule has 3 aromatic rings. The molecular weight excluding hydrogens is 348 g/mol. The number of halogens is 2. The average molecular weight is 365 g/mol.